The van der Waals surface area contributed by atoms with Crippen molar-refractivity contribution in [2.24, 2.45) is 7.05 Å². The first kappa shape index (κ1) is 20.6. The second kappa shape index (κ2) is 8.33. The number of hydrogen-bond acceptors (Lipinski definition) is 7. The van der Waals surface area contributed by atoms with Crippen LogP contribution in [0.3, 0.4) is 0 Å². The summed E-state index contributed by atoms with van der Waals surface area (Å²) >= 11 is 5.40. The predicted molar refractivity (Wildman–Crippen MR) is 131 cm³/mol. The van der Waals surface area contributed by atoms with Crippen molar-refractivity contribution in [1.82, 2.24) is 24.4 Å². The summed E-state index contributed by atoms with van der Waals surface area (Å²) in [6.07, 6.45) is 3.75. The van der Waals surface area contributed by atoms with Crippen LogP contribution < -0.4 is 15.9 Å². The zero-order chi connectivity index (χ0) is 22.2. The molecule has 4 aromatic rings. The van der Waals surface area contributed by atoms with Gasteiger partial charge in [0.05, 0.1) is 17.4 Å². The van der Waals surface area contributed by atoms with E-state index in [1.165, 1.54) is 10.1 Å². The Labute approximate surface area is 190 Å². The lowest BCUT2D eigenvalue weighted by Crippen LogP contribution is -2.46. The Balaban J connectivity index is 1.29. The largest absolute Gasteiger partial charge is 0.371 e. The van der Waals surface area contributed by atoms with E-state index >= 15 is 0 Å². The topological polar surface area (TPSA) is 82.1 Å². The summed E-state index contributed by atoms with van der Waals surface area (Å²) in [5.74, 6) is 0.799. The molecule has 1 aromatic carbocycles. The first-order valence-electron chi connectivity index (χ1n) is 10.7. The molecule has 3 aromatic heterocycles. The molecular formula is C23H25N7OS. The van der Waals surface area contributed by atoms with Crippen LogP contribution in [0, 0.1) is 4.64 Å². The number of nitrogens with one attached hydrogen (secondary N) is 2. The second-order valence-electron chi connectivity index (χ2n) is 8.11. The molecule has 164 valence electrons. The monoisotopic (exact) mass is 447 g/mol. The Morgan fingerprint density at radius 3 is 2.72 bits per heavy atom. The number of H-pyrrole nitrogens is 1. The van der Waals surface area contributed by atoms with E-state index in [0.717, 1.165) is 66.0 Å². The van der Waals surface area contributed by atoms with E-state index in [0.29, 0.717) is 4.64 Å². The normalized spacial score (nSPS) is 14.9. The molecule has 9 heteroatoms. The van der Waals surface area contributed by atoms with Crippen LogP contribution in [-0.2, 0) is 13.6 Å². The molecule has 0 amide bonds. The summed E-state index contributed by atoms with van der Waals surface area (Å²) in [4.78, 5) is 28.8. The third-order valence-corrected chi connectivity index (χ3v) is 6.62. The fraction of sp³-hybridized carbons (Fsp3) is 0.304. The second-order valence-corrected chi connectivity index (χ2v) is 8.50. The molecule has 32 heavy (non-hydrogen) atoms. The lowest BCUT2D eigenvalue weighted by molar-refractivity contribution is 0.250. The van der Waals surface area contributed by atoms with Gasteiger partial charge in [0, 0.05) is 63.8 Å². The van der Waals surface area contributed by atoms with E-state index in [1.54, 1.807) is 7.05 Å². The molecule has 8 nitrogen and oxygen atoms in total. The average Bonchev–Trinajstić information content (AvgIpc) is 2.82. The van der Waals surface area contributed by atoms with Gasteiger partial charge in [0.1, 0.15) is 10.2 Å². The van der Waals surface area contributed by atoms with Crippen molar-refractivity contribution in [3.05, 3.63) is 63.4 Å². The summed E-state index contributed by atoms with van der Waals surface area (Å²) in [6.45, 7) is 4.63. The molecule has 5 rings (SSSR count). The van der Waals surface area contributed by atoms with Gasteiger partial charge in [0.15, 0.2) is 5.82 Å². The lowest BCUT2D eigenvalue weighted by atomic mass is 10.1. The van der Waals surface area contributed by atoms with Gasteiger partial charge < -0.3 is 15.2 Å². The van der Waals surface area contributed by atoms with Crippen LogP contribution in [0.2, 0.25) is 0 Å². The Kier molecular flexibility index (Phi) is 5.36. The van der Waals surface area contributed by atoms with Crippen molar-refractivity contribution in [3.63, 3.8) is 0 Å². The molecular weight excluding hydrogens is 422 g/mol. The maximum Gasteiger partial charge on any atom is 0.326 e. The molecule has 1 fully saturated rings. The molecule has 0 spiro atoms. The highest BCUT2D eigenvalue weighted by molar-refractivity contribution is 7.71. The van der Waals surface area contributed by atoms with Crippen molar-refractivity contribution >= 4 is 45.5 Å². The zero-order valence-electron chi connectivity index (χ0n) is 18.1. The molecule has 0 saturated carbocycles. The Hall–Kier alpha value is -3.30. The van der Waals surface area contributed by atoms with Gasteiger partial charge in [-0.25, -0.2) is 9.78 Å². The highest BCUT2D eigenvalue weighted by Gasteiger charge is 2.18. The maximum absolute atomic E-state index is 12.1. The number of nitrogens with zero attached hydrogens (tertiary/aromatic N) is 5. The van der Waals surface area contributed by atoms with Gasteiger partial charge in [-0.15, -0.1) is 0 Å². The van der Waals surface area contributed by atoms with Gasteiger partial charge in [0.25, 0.3) is 0 Å². The van der Waals surface area contributed by atoms with Gasteiger partial charge in [-0.3, -0.25) is 14.5 Å². The number of fused-ring (bicyclic) bond motifs is 2. The molecule has 1 aliphatic heterocycles. The third-order valence-electron chi connectivity index (χ3n) is 6.13. The van der Waals surface area contributed by atoms with Crippen molar-refractivity contribution in [3.8, 4) is 0 Å². The number of rotatable bonds is 4. The number of hydrogen-bond donors (Lipinski definition) is 2. The Bertz CT molecular complexity index is 1420. The molecule has 0 atom stereocenters. The first-order valence-corrected chi connectivity index (χ1v) is 11.1. The van der Waals surface area contributed by atoms with Gasteiger partial charge in [0.2, 0.25) is 0 Å². The van der Waals surface area contributed by atoms with E-state index in [1.807, 2.05) is 37.6 Å². The highest BCUT2D eigenvalue weighted by atomic mass is 32.1. The third kappa shape index (κ3) is 3.74. The van der Waals surface area contributed by atoms with Crippen molar-refractivity contribution in [2.45, 2.75) is 6.54 Å². The van der Waals surface area contributed by atoms with Crippen LogP contribution >= 0.6 is 12.2 Å². The lowest BCUT2D eigenvalue weighted by Gasteiger charge is -2.36. The fourth-order valence-corrected chi connectivity index (χ4v) is 4.54. The molecule has 1 aliphatic rings. The number of benzene rings is 1. The zero-order valence-corrected chi connectivity index (χ0v) is 18.9. The summed E-state index contributed by atoms with van der Waals surface area (Å²) in [7, 11) is 3.55. The van der Waals surface area contributed by atoms with Crippen molar-refractivity contribution < 1.29 is 0 Å². The minimum absolute atomic E-state index is 0.185. The quantitative estimate of drug-likeness (QED) is 0.466. The standard InChI is InChI=1S/C23H25N7OS/c1-24-21-20-16(5-6-25-21)12-17(13-26-20)30-9-7-29(8-10-30)14-15-3-4-18-19(11-15)27-23(31)28(2)22(18)32/h3-6,11-13H,7-10,14H2,1-2H3,(H,24,25)(H,27,31). The van der Waals surface area contributed by atoms with Gasteiger partial charge >= 0.3 is 5.69 Å². The minimum Gasteiger partial charge on any atom is -0.371 e. The molecule has 0 bridgehead atoms. The number of pyridine rings is 2. The number of aromatic nitrogens is 4. The fourth-order valence-electron chi connectivity index (χ4n) is 4.28. The van der Waals surface area contributed by atoms with E-state index in [2.05, 4.69) is 42.2 Å². The van der Waals surface area contributed by atoms with Gasteiger partial charge in [-0.2, -0.15) is 0 Å². The smallest absolute Gasteiger partial charge is 0.326 e. The number of piperazine rings is 1. The molecule has 0 aliphatic carbocycles. The van der Waals surface area contributed by atoms with Gasteiger partial charge in [-0.05, 0) is 29.8 Å². The van der Waals surface area contributed by atoms with Crippen molar-refractivity contribution in [1.29, 1.82) is 0 Å². The number of aromatic amines is 1. The van der Waals surface area contributed by atoms with Crippen LogP contribution in [-0.4, -0.2) is 57.6 Å². The highest BCUT2D eigenvalue weighted by Crippen LogP contribution is 2.25. The van der Waals surface area contributed by atoms with Crippen LogP contribution in [0.4, 0.5) is 11.5 Å². The Morgan fingerprint density at radius 1 is 1.12 bits per heavy atom. The molecule has 0 unspecified atom stereocenters. The van der Waals surface area contributed by atoms with E-state index < -0.39 is 0 Å². The molecule has 1 saturated heterocycles. The number of anilines is 2. The molecule has 2 N–H and O–H groups in total. The van der Waals surface area contributed by atoms with Crippen LogP contribution in [0.5, 0.6) is 0 Å². The summed E-state index contributed by atoms with van der Waals surface area (Å²) in [6, 6.07) is 10.3. The maximum atomic E-state index is 12.1. The summed E-state index contributed by atoms with van der Waals surface area (Å²) < 4.78 is 2.03. The predicted octanol–water partition coefficient (Wildman–Crippen LogP) is 2.90. The summed E-state index contributed by atoms with van der Waals surface area (Å²) in [5.41, 5.74) is 3.81. The van der Waals surface area contributed by atoms with E-state index in [-0.39, 0.29) is 5.69 Å². The van der Waals surface area contributed by atoms with E-state index in [4.69, 9.17) is 12.2 Å². The van der Waals surface area contributed by atoms with Gasteiger partial charge in [-0.1, -0.05) is 18.3 Å². The van der Waals surface area contributed by atoms with Crippen LogP contribution in [0.25, 0.3) is 21.8 Å². The average molecular weight is 448 g/mol. The molecule has 0 radical (unpaired) electrons. The first-order chi connectivity index (χ1) is 15.5. The SMILES string of the molecule is CNc1nccc2cc(N3CCN(Cc4ccc5c(=S)n(C)c(=O)[nH]c5c4)CC3)cnc12. The minimum atomic E-state index is -0.185. The summed E-state index contributed by atoms with van der Waals surface area (Å²) in [5, 5.41) is 5.08. The van der Waals surface area contributed by atoms with Crippen LogP contribution in [0.15, 0.2) is 47.5 Å². The Morgan fingerprint density at radius 2 is 1.94 bits per heavy atom. The van der Waals surface area contributed by atoms with Crippen LogP contribution in [0.1, 0.15) is 5.56 Å². The van der Waals surface area contributed by atoms with E-state index in [9.17, 15) is 4.79 Å². The van der Waals surface area contributed by atoms with Crippen molar-refractivity contribution in [2.75, 3.05) is 43.4 Å². The molecule has 4 heterocycles.